The second-order valence-corrected chi connectivity index (χ2v) is 6.05. The van der Waals surface area contributed by atoms with Crippen LogP contribution < -0.4 is 5.32 Å². The molecule has 1 N–H and O–H groups in total. The lowest BCUT2D eigenvalue weighted by Gasteiger charge is -2.22. The topological polar surface area (TPSA) is 47.7 Å². The van der Waals surface area contributed by atoms with Gasteiger partial charge >= 0.3 is 0 Å². The van der Waals surface area contributed by atoms with Crippen molar-refractivity contribution in [3.05, 3.63) is 36.2 Å². The molecule has 5 heteroatoms. The molecule has 1 fully saturated rings. The van der Waals surface area contributed by atoms with Crippen LogP contribution in [0.3, 0.4) is 0 Å². The fraction of sp³-hybridized carbons (Fsp3) is 0.625. The van der Waals surface area contributed by atoms with E-state index < -0.39 is 0 Å². The van der Waals surface area contributed by atoms with Gasteiger partial charge in [0.25, 0.3) is 0 Å². The van der Waals surface area contributed by atoms with Crippen molar-refractivity contribution in [1.29, 1.82) is 0 Å². The number of likely N-dealkylation sites (N-methyl/N-ethyl adjacent to an activating group) is 1. The van der Waals surface area contributed by atoms with E-state index in [9.17, 15) is 0 Å². The highest BCUT2D eigenvalue weighted by Gasteiger charge is 2.18. The van der Waals surface area contributed by atoms with E-state index in [1.807, 2.05) is 26.6 Å². The van der Waals surface area contributed by atoms with E-state index in [0.29, 0.717) is 6.04 Å². The van der Waals surface area contributed by atoms with Crippen LogP contribution in [0.4, 0.5) is 0 Å². The molecule has 114 valence electrons. The van der Waals surface area contributed by atoms with E-state index in [-0.39, 0.29) is 6.04 Å². The molecule has 0 radical (unpaired) electrons. The van der Waals surface area contributed by atoms with Crippen LogP contribution in [0.1, 0.15) is 55.6 Å². The quantitative estimate of drug-likeness (QED) is 0.919. The lowest BCUT2D eigenvalue weighted by Crippen LogP contribution is -2.21. The fourth-order valence-electron chi connectivity index (χ4n) is 3.30. The Labute approximate surface area is 126 Å². The van der Waals surface area contributed by atoms with E-state index in [1.165, 1.54) is 37.8 Å². The number of hydrogen-bond donors (Lipinski definition) is 1. The molecule has 1 aliphatic carbocycles. The number of rotatable bonds is 5. The second kappa shape index (κ2) is 6.43. The first kappa shape index (κ1) is 14.3. The Kier molecular flexibility index (Phi) is 4.39. The van der Waals surface area contributed by atoms with Crippen molar-refractivity contribution in [1.82, 2.24) is 24.6 Å². The van der Waals surface area contributed by atoms with Crippen LogP contribution >= 0.6 is 0 Å². The van der Waals surface area contributed by atoms with Gasteiger partial charge in [0, 0.05) is 25.9 Å². The fourth-order valence-corrected chi connectivity index (χ4v) is 3.30. The summed E-state index contributed by atoms with van der Waals surface area (Å²) in [6.07, 6.45) is 13.4. The van der Waals surface area contributed by atoms with Crippen LogP contribution in [0.15, 0.2) is 24.8 Å². The molecular weight excluding hydrogens is 262 g/mol. The first-order chi connectivity index (χ1) is 10.3. The molecule has 0 bridgehead atoms. The number of nitrogens with one attached hydrogen (secondary N) is 1. The van der Waals surface area contributed by atoms with Crippen molar-refractivity contribution in [3.63, 3.8) is 0 Å². The van der Waals surface area contributed by atoms with Gasteiger partial charge < -0.3 is 9.88 Å². The third-order valence-electron chi connectivity index (χ3n) is 4.59. The predicted octanol–water partition coefficient (Wildman–Crippen LogP) is 2.63. The van der Waals surface area contributed by atoms with Crippen molar-refractivity contribution in [2.24, 2.45) is 7.05 Å². The third kappa shape index (κ3) is 3.18. The van der Waals surface area contributed by atoms with Crippen molar-refractivity contribution in [3.8, 4) is 0 Å². The van der Waals surface area contributed by atoms with Gasteiger partial charge in [-0.05, 0) is 26.0 Å². The molecule has 1 saturated carbocycles. The average Bonchev–Trinajstić information content (AvgIpc) is 3.15. The van der Waals surface area contributed by atoms with Gasteiger partial charge in [0.1, 0.15) is 0 Å². The van der Waals surface area contributed by atoms with Gasteiger partial charge in [-0.25, -0.2) is 4.98 Å². The molecule has 5 nitrogen and oxygen atoms in total. The molecule has 3 rings (SSSR count). The molecule has 1 unspecified atom stereocenters. The Morgan fingerprint density at radius 3 is 2.81 bits per heavy atom. The Hall–Kier alpha value is -1.62. The zero-order valence-electron chi connectivity index (χ0n) is 13.0. The molecule has 2 aromatic heterocycles. The van der Waals surface area contributed by atoms with Crippen molar-refractivity contribution in [2.45, 2.75) is 50.6 Å². The average molecular weight is 287 g/mol. The molecule has 0 aromatic carbocycles. The van der Waals surface area contributed by atoms with Gasteiger partial charge in [0.2, 0.25) is 0 Å². The molecule has 0 aliphatic heterocycles. The third-order valence-corrected chi connectivity index (χ3v) is 4.59. The van der Waals surface area contributed by atoms with Crippen LogP contribution in [0.5, 0.6) is 0 Å². The van der Waals surface area contributed by atoms with Crippen LogP contribution in [-0.2, 0) is 13.5 Å². The van der Waals surface area contributed by atoms with Crippen LogP contribution in [0.25, 0.3) is 0 Å². The molecule has 0 spiro atoms. The van der Waals surface area contributed by atoms with Crippen LogP contribution in [0, 0.1) is 0 Å². The first-order valence-corrected chi connectivity index (χ1v) is 7.95. The standard InChI is InChI=1S/C16H25N5/c1-17-15(16-11-18-12-20(16)2)10-13-8-9-21(19-13)14-6-4-3-5-7-14/h8-9,11-12,14-15,17H,3-7,10H2,1-2H3. The number of aromatic nitrogens is 4. The Morgan fingerprint density at radius 2 is 2.14 bits per heavy atom. The largest absolute Gasteiger partial charge is 0.336 e. The molecule has 1 atom stereocenters. The maximum atomic E-state index is 4.81. The minimum atomic E-state index is 0.257. The van der Waals surface area contributed by atoms with Gasteiger partial charge in [-0.15, -0.1) is 0 Å². The van der Waals surface area contributed by atoms with Gasteiger partial charge in [-0.1, -0.05) is 19.3 Å². The normalized spacial score (nSPS) is 18.0. The van der Waals surface area contributed by atoms with Crippen LogP contribution in [0.2, 0.25) is 0 Å². The van der Waals surface area contributed by atoms with E-state index in [0.717, 1.165) is 12.1 Å². The highest BCUT2D eigenvalue weighted by Crippen LogP contribution is 2.27. The Balaban J connectivity index is 1.69. The molecule has 2 heterocycles. The smallest absolute Gasteiger partial charge is 0.0946 e. The SMILES string of the molecule is CNC(Cc1ccn(C2CCCCC2)n1)c1cncn1C. The molecule has 21 heavy (non-hydrogen) atoms. The summed E-state index contributed by atoms with van der Waals surface area (Å²) in [7, 11) is 4.03. The summed E-state index contributed by atoms with van der Waals surface area (Å²) in [4.78, 5) is 4.21. The van der Waals surface area contributed by atoms with E-state index in [4.69, 9.17) is 5.10 Å². The number of nitrogens with zero attached hydrogens (tertiary/aromatic N) is 4. The summed E-state index contributed by atoms with van der Waals surface area (Å²) < 4.78 is 4.25. The van der Waals surface area contributed by atoms with Gasteiger partial charge in [0.05, 0.1) is 29.8 Å². The van der Waals surface area contributed by atoms with Crippen molar-refractivity contribution < 1.29 is 0 Å². The highest BCUT2D eigenvalue weighted by atomic mass is 15.3. The summed E-state index contributed by atoms with van der Waals surface area (Å²) >= 11 is 0. The Bertz CT molecular complexity index is 565. The lowest BCUT2D eigenvalue weighted by atomic mass is 9.96. The number of aryl methyl sites for hydroxylation is 1. The molecule has 0 amide bonds. The minimum Gasteiger partial charge on any atom is -0.336 e. The van der Waals surface area contributed by atoms with Crippen molar-refractivity contribution >= 4 is 0 Å². The summed E-state index contributed by atoms with van der Waals surface area (Å²) in [5.74, 6) is 0. The Morgan fingerprint density at radius 1 is 1.33 bits per heavy atom. The van der Waals surface area contributed by atoms with Crippen molar-refractivity contribution in [2.75, 3.05) is 7.05 Å². The van der Waals surface area contributed by atoms with E-state index >= 15 is 0 Å². The maximum Gasteiger partial charge on any atom is 0.0946 e. The zero-order chi connectivity index (χ0) is 14.7. The maximum absolute atomic E-state index is 4.81. The summed E-state index contributed by atoms with van der Waals surface area (Å²) in [6, 6.07) is 3.03. The first-order valence-electron chi connectivity index (χ1n) is 7.95. The molecule has 0 saturated heterocycles. The summed E-state index contributed by atoms with van der Waals surface area (Å²) in [5, 5.41) is 8.18. The molecular formula is C16H25N5. The van der Waals surface area contributed by atoms with Gasteiger partial charge in [-0.3, -0.25) is 4.68 Å². The number of hydrogen-bond acceptors (Lipinski definition) is 3. The second-order valence-electron chi connectivity index (χ2n) is 6.05. The molecule has 2 aromatic rings. The summed E-state index contributed by atoms with van der Waals surface area (Å²) in [5.41, 5.74) is 2.35. The minimum absolute atomic E-state index is 0.257. The predicted molar refractivity (Wildman–Crippen MR) is 83.1 cm³/mol. The molecule has 1 aliphatic rings. The highest BCUT2D eigenvalue weighted by molar-refractivity contribution is 5.11. The van der Waals surface area contributed by atoms with Gasteiger partial charge in [-0.2, -0.15) is 5.10 Å². The zero-order valence-corrected chi connectivity index (χ0v) is 13.0. The number of imidazole rings is 1. The lowest BCUT2D eigenvalue weighted by molar-refractivity contribution is 0.327. The summed E-state index contributed by atoms with van der Waals surface area (Å²) in [6.45, 7) is 0. The van der Waals surface area contributed by atoms with Crippen LogP contribution in [-0.4, -0.2) is 26.4 Å². The van der Waals surface area contributed by atoms with E-state index in [2.05, 4.69) is 31.8 Å². The van der Waals surface area contributed by atoms with E-state index in [1.54, 1.807) is 0 Å². The monoisotopic (exact) mass is 287 g/mol. The van der Waals surface area contributed by atoms with Gasteiger partial charge in [0.15, 0.2) is 0 Å².